The molecule has 0 radical (unpaired) electrons. The lowest BCUT2D eigenvalue weighted by Gasteiger charge is -2.28. The van der Waals surface area contributed by atoms with E-state index in [1.54, 1.807) is 12.3 Å². The second kappa shape index (κ2) is 8.00. The topological polar surface area (TPSA) is 74.2 Å². The van der Waals surface area contributed by atoms with Gasteiger partial charge in [0.25, 0.3) is 0 Å². The van der Waals surface area contributed by atoms with Crippen LogP contribution in [0.1, 0.15) is 15.9 Å². The minimum absolute atomic E-state index is 0.0386. The lowest BCUT2D eigenvalue weighted by molar-refractivity contribution is 0.0697. The predicted octanol–water partition coefficient (Wildman–Crippen LogP) is 3.32. The van der Waals surface area contributed by atoms with Crippen LogP contribution in [0.2, 0.25) is 5.02 Å². The molecule has 0 amide bonds. The van der Waals surface area contributed by atoms with E-state index in [0.717, 1.165) is 37.6 Å². The number of aromatic carboxylic acids is 1. The molecule has 130 valence electrons. The van der Waals surface area contributed by atoms with Crippen LogP contribution in [-0.4, -0.2) is 43.6 Å². The molecule has 7 heteroatoms. The highest BCUT2D eigenvalue weighted by Gasteiger charge is 2.10. The fraction of sp³-hybridized carbons (Fsp3) is 0.222. The molecular formula is C18H18ClN3O3. The largest absolute Gasteiger partial charge is 0.478 e. The van der Waals surface area contributed by atoms with Crippen molar-refractivity contribution in [1.29, 1.82) is 0 Å². The minimum Gasteiger partial charge on any atom is -0.478 e. The second-order valence-corrected chi connectivity index (χ2v) is 5.97. The van der Waals surface area contributed by atoms with E-state index in [1.165, 1.54) is 12.1 Å². The highest BCUT2D eigenvalue weighted by molar-refractivity contribution is 6.33. The van der Waals surface area contributed by atoms with Crippen molar-refractivity contribution in [3.63, 3.8) is 0 Å². The first-order valence-electron chi connectivity index (χ1n) is 7.88. The first-order valence-corrected chi connectivity index (χ1v) is 8.26. The van der Waals surface area contributed by atoms with Crippen molar-refractivity contribution in [1.82, 2.24) is 0 Å². The Bertz CT molecular complexity index is 772. The molecule has 0 atom stereocenters. The van der Waals surface area contributed by atoms with Gasteiger partial charge in [-0.25, -0.2) is 4.79 Å². The molecule has 1 fully saturated rings. The number of halogens is 1. The number of rotatable bonds is 5. The van der Waals surface area contributed by atoms with Gasteiger partial charge in [-0.05, 0) is 35.9 Å². The SMILES string of the molecule is O=C(O)c1cc(N/N=C/c2ccc(N3CCOCC3)cc2)ccc1Cl. The zero-order chi connectivity index (χ0) is 17.6. The average Bonchev–Trinajstić information content (AvgIpc) is 2.64. The summed E-state index contributed by atoms with van der Waals surface area (Å²) in [6, 6.07) is 12.7. The van der Waals surface area contributed by atoms with E-state index in [4.69, 9.17) is 21.4 Å². The maximum absolute atomic E-state index is 11.1. The van der Waals surface area contributed by atoms with E-state index in [9.17, 15) is 4.79 Å². The number of hydrogen-bond acceptors (Lipinski definition) is 5. The molecule has 2 aromatic carbocycles. The van der Waals surface area contributed by atoms with E-state index < -0.39 is 5.97 Å². The van der Waals surface area contributed by atoms with E-state index >= 15 is 0 Å². The third-order valence-corrected chi connectivity index (χ3v) is 4.20. The van der Waals surface area contributed by atoms with Crippen LogP contribution in [-0.2, 0) is 4.74 Å². The van der Waals surface area contributed by atoms with Crippen LogP contribution in [0, 0.1) is 0 Å². The summed E-state index contributed by atoms with van der Waals surface area (Å²) < 4.78 is 5.35. The molecule has 1 aliphatic rings. The number of hydrazone groups is 1. The fourth-order valence-electron chi connectivity index (χ4n) is 2.53. The van der Waals surface area contributed by atoms with Gasteiger partial charge in [-0.1, -0.05) is 23.7 Å². The Morgan fingerprint density at radius 3 is 2.60 bits per heavy atom. The summed E-state index contributed by atoms with van der Waals surface area (Å²) in [4.78, 5) is 13.4. The van der Waals surface area contributed by atoms with E-state index in [0.29, 0.717) is 5.69 Å². The summed E-state index contributed by atoms with van der Waals surface area (Å²) in [5, 5.41) is 13.4. The van der Waals surface area contributed by atoms with E-state index in [1.807, 2.05) is 12.1 Å². The Morgan fingerprint density at radius 1 is 1.20 bits per heavy atom. The van der Waals surface area contributed by atoms with Crippen molar-refractivity contribution >= 4 is 35.2 Å². The van der Waals surface area contributed by atoms with Gasteiger partial charge in [-0.15, -0.1) is 0 Å². The number of ether oxygens (including phenoxy) is 1. The maximum Gasteiger partial charge on any atom is 0.337 e. The first-order chi connectivity index (χ1) is 12.1. The highest BCUT2D eigenvalue weighted by Crippen LogP contribution is 2.20. The average molecular weight is 360 g/mol. The van der Waals surface area contributed by atoms with Gasteiger partial charge < -0.3 is 14.7 Å². The van der Waals surface area contributed by atoms with E-state index in [2.05, 4.69) is 27.6 Å². The predicted molar refractivity (Wildman–Crippen MR) is 99.1 cm³/mol. The molecule has 3 rings (SSSR count). The smallest absolute Gasteiger partial charge is 0.337 e. The molecule has 0 saturated carbocycles. The number of benzene rings is 2. The molecule has 0 unspecified atom stereocenters. The third kappa shape index (κ3) is 4.49. The summed E-state index contributed by atoms with van der Waals surface area (Å²) in [5.74, 6) is -1.07. The molecule has 2 N–H and O–H groups in total. The van der Waals surface area contributed by atoms with Crippen LogP contribution in [0.5, 0.6) is 0 Å². The van der Waals surface area contributed by atoms with E-state index in [-0.39, 0.29) is 10.6 Å². The van der Waals surface area contributed by atoms with Crippen LogP contribution in [0.3, 0.4) is 0 Å². The summed E-state index contributed by atoms with van der Waals surface area (Å²) in [5.41, 5.74) is 5.52. The van der Waals surface area contributed by atoms with Gasteiger partial charge in [0, 0.05) is 18.8 Å². The molecule has 25 heavy (non-hydrogen) atoms. The Kier molecular flexibility index (Phi) is 5.53. The molecule has 0 bridgehead atoms. The van der Waals surface area contributed by atoms with Gasteiger partial charge in [0.15, 0.2) is 0 Å². The van der Waals surface area contributed by atoms with Crippen molar-refractivity contribution in [3.8, 4) is 0 Å². The molecule has 1 saturated heterocycles. The van der Waals surface area contributed by atoms with Gasteiger partial charge in [0.1, 0.15) is 0 Å². The highest BCUT2D eigenvalue weighted by atomic mass is 35.5. The lowest BCUT2D eigenvalue weighted by atomic mass is 10.2. The zero-order valence-corrected chi connectivity index (χ0v) is 14.2. The number of hydrogen-bond donors (Lipinski definition) is 2. The van der Waals surface area contributed by atoms with Crippen LogP contribution in [0.15, 0.2) is 47.6 Å². The fourth-order valence-corrected chi connectivity index (χ4v) is 2.73. The molecule has 0 aliphatic carbocycles. The Hall–Kier alpha value is -2.57. The minimum atomic E-state index is -1.07. The Balaban J connectivity index is 1.62. The van der Waals surface area contributed by atoms with Gasteiger partial charge in [0.2, 0.25) is 0 Å². The number of nitrogens with zero attached hydrogens (tertiary/aromatic N) is 2. The Labute approximate surface area is 150 Å². The number of anilines is 2. The normalized spacial score (nSPS) is 14.7. The first kappa shape index (κ1) is 17.3. The molecule has 0 spiro atoms. The molecule has 1 aliphatic heterocycles. The zero-order valence-electron chi connectivity index (χ0n) is 13.5. The number of nitrogens with one attached hydrogen (secondary N) is 1. The molecule has 2 aromatic rings. The number of carbonyl (C=O) groups is 1. The van der Waals surface area contributed by atoms with Gasteiger partial charge in [-0.2, -0.15) is 5.10 Å². The molecule has 6 nitrogen and oxygen atoms in total. The molecule has 1 heterocycles. The number of carboxylic acid groups (broad SMARTS) is 1. The number of morpholine rings is 1. The van der Waals surface area contributed by atoms with Crippen molar-refractivity contribution in [2.24, 2.45) is 5.10 Å². The maximum atomic E-state index is 11.1. The van der Waals surface area contributed by atoms with Crippen LogP contribution in [0.25, 0.3) is 0 Å². The van der Waals surface area contributed by atoms with Crippen LogP contribution >= 0.6 is 11.6 Å². The summed E-state index contributed by atoms with van der Waals surface area (Å²) >= 11 is 5.84. The van der Waals surface area contributed by atoms with Crippen LogP contribution in [0.4, 0.5) is 11.4 Å². The molecular weight excluding hydrogens is 342 g/mol. The third-order valence-electron chi connectivity index (χ3n) is 3.87. The van der Waals surface area contributed by atoms with Gasteiger partial charge in [0.05, 0.1) is 35.7 Å². The molecule has 0 aromatic heterocycles. The van der Waals surface area contributed by atoms with Crippen molar-refractivity contribution in [3.05, 3.63) is 58.6 Å². The summed E-state index contributed by atoms with van der Waals surface area (Å²) in [6.45, 7) is 3.31. The summed E-state index contributed by atoms with van der Waals surface area (Å²) in [7, 11) is 0. The van der Waals surface area contributed by atoms with Crippen molar-refractivity contribution in [2.75, 3.05) is 36.6 Å². The standard InChI is InChI=1S/C18H18ClN3O3/c19-17-6-3-14(11-16(17)18(23)24)21-20-12-13-1-4-15(5-2-13)22-7-9-25-10-8-22/h1-6,11-12,21H,7-10H2,(H,23,24)/b20-12+. The lowest BCUT2D eigenvalue weighted by Crippen LogP contribution is -2.36. The van der Waals surface area contributed by atoms with Crippen LogP contribution < -0.4 is 10.3 Å². The quantitative estimate of drug-likeness (QED) is 0.632. The summed E-state index contributed by atoms with van der Waals surface area (Å²) in [6.07, 6.45) is 1.68. The number of carboxylic acids is 1. The van der Waals surface area contributed by atoms with Crippen molar-refractivity contribution in [2.45, 2.75) is 0 Å². The van der Waals surface area contributed by atoms with Gasteiger partial charge in [-0.3, -0.25) is 5.43 Å². The monoisotopic (exact) mass is 359 g/mol. The Morgan fingerprint density at radius 2 is 1.92 bits per heavy atom. The second-order valence-electron chi connectivity index (χ2n) is 5.56. The van der Waals surface area contributed by atoms with Crippen molar-refractivity contribution < 1.29 is 14.6 Å². The van der Waals surface area contributed by atoms with Gasteiger partial charge >= 0.3 is 5.97 Å².